The third kappa shape index (κ3) is 6.21. The van der Waals surface area contributed by atoms with E-state index >= 15 is 0 Å². The monoisotopic (exact) mass is 262 g/mol. The van der Waals surface area contributed by atoms with Crippen LogP contribution in [0.1, 0.15) is 12.5 Å². The molecule has 0 radical (unpaired) electrons. The van der Waals surface area contributed by atoms with E-state index in [1.165, 1.54) is 6.92 Å². The Morgan fingerprint density at radius 2 is 1.89 bits per heavy atom. The molecule has 0 saturated heterocycles. The molecule has 0 aliphatic rings. The van der Waals surface area contributed by atoms with Crippen LogP contribution in [0.2, 0.25) is 0 Å². The lowest BCUT2D eigenvalue weighted by Crippen LogP contribution is -2.24. The molecule has 0 unspecified atom stereocenters. The summed E-state index contributed by atoms with van der Waals surface area (Å²) < 4.78 is 35.3. The standard InChI is InChI=1S/C11H13F3N2O2/c1-8(17)16-10-4-2-9(3-5-10)6-15-18-7-11(12,13)14/h2-5,15H,6-7H2,1H3,(H,16,17). The van der Waals surface area contributed by atoms with Crippen molar-refractivity contribution in [1.82, 2.24) is 5.48 Å². The first-order chi connectivity index (χ1) is 8.37. The lowest BCUT2D eigenvalue weighted by molar-refractivity contribution is -0.190. The SMILES string of the molecule is CC(=O)Nc1ccc(CNOCC(F)(F)F)cc1. The van der Waals surface area contributed by atoms with Gasteiger partial charge in [-0.3, -0.25) is 9.63 Å². The summed E-state index contributed by atoms with van der Waals surface area (Å²) in [5, 5.41) is 2.58. The molecule has 7 heteroatoms. The Morgan fingerprint density at radius 1 is 1.28 bits per heavy atom. The fourth-order valence-corrected chi connectivity index (χ4v) is 1.18. The Morgan fingerprint density at radius 3 is 2.39 bits per heavy atom. The summed E-state index contributed by atoms with van der Waals surface area (Å²) in [7, 11) is 0. The minimum atomic E-state index is -4.34. The summed E-state index contributed by atoms with van der Waals surface area (Å²) in [6, 6.07) is 6.66. The van der Waals surface area contributed by atoms with Crippen molar-refractivity contribution in [2.75, 3.05) is 11.9 Å². The molecule has 0 aliphatic heterocycles. The van der Waals surface area contributed by atoms with Crippen LogP contribution in [0.4, 0.5) is 18.9 Å². The van der Waals surface area contributed by atoms with E-state index in [1.807, 2.05) is 0 Å². The van der Waals surface area contributed by atoms with Crippen molar-refractivity contribution < 1.29 is 22.8 Å². The molecule has 18 heavy (non-hydrogen) atoms. The predicted molar refractivity (Wildman–Crippen MR) is 59.6 cm³/mol. The van der Waals surface area contributed by atoms with E-state index < -0.39 is 12.8 Å². The quantitative estimate of drug-likeness (QED) is 0.632. The molecule has 1 aromatic rings. The van der Waals surface area contributed by atoms with Crippen LogP contribution in [-0.4, -0.2) is 18.7 Å². The van der Waals surface area contributed by atoms with Crippen molar-refractivity contribution in [3.05, 3.63) is 29.8 Å². The topological polar surface area (TPSA) is 50.4 Å². The Hall–Kier alpha value is -1.60. The van der Waals surface area contributed by atoms with Gasteiger partial charge in [0, 0.05) is 19.2 Å². The fraction of sp³-hybridized carbons (Fsp3) is 0.364. The Kier molecular flexibility index (Phi) is 5.11. The van der Waals surface area contributed by atoms with Crippen molar-refractivity contribution in [2.45, 2.75) is 19.6 Å². The van der Waals surface area contributed by atoms with E-state index in [0.29, 0.717) is 5.69 Å². The number of hydrogen-bond acceptors (Lipinski definition) is 3. The van der Waals surface area contributed by atoms with Crippen LogP contribution in [0.25, 0.3) is 0 Å². The van der Waals surface area contributed by atoms with Crippen LogP contribution < -0.4 is 10.8 Å². The van der Waals surface area contributed by atoms with Gasteiger partial charge in [-0.05, 0) is 17.7 Å². The molecule has 0 spiro atoms. The van der Waals surface area contributed by atoms with Gasteiger partial charge in [0.2, 0.25) is 5.91 Å². The van der Waals surface area contributed by atoms with E-state index in [4.69, 9.17) is 0 Å². The highest BCUT2D eigenvalue weighted by Crippen LogP contribution is 2.14. The van der Waals surface area contributed by atoms with Crippen molar-refractivity contribution in [1.29, 1.82) is 0 Å². The first-order valence-corrected chi connectivity index (χ1v) is 5.15. The lowest BCUT2D eigenvalue weighted by Gasteiger charge is -2.09. The minimum absolute atomic E-state index is 0.149. The molecule has 0 atom stereocenters. The number of anilines is 1. The molecule has 0 fully saturated rings. The molecule has 0 saturated carbocycles. The molecule has 1 amide bonds. The third-order valence-corrected chi connectivity index (χ3v) is 1.89. The molecule has 0 aromatic heterocycles. The molecule has 0 heterocycles. The summed E-state index contributed by atoms with van der Waals surface area (Å²) in [6.45, 7) is 0.202. The van der Waals surface area contributed by atoms with Gasteiger partial charge in [-0.25, -0.2) is 0 Å². The first-order valence-electron chi connectivity index (χ1n) is 5.15. The summed E-state index contributed by atoms with van der Waals surface area (Å²) in [5.74, 6) is -0.186. The van der Waals surface area contributed by atoms with E-state index in [1.54, 1.807) is 24.3 Å². The second kappa shape index (κ2) is 6.36. The Labute approximate surface area is 102 Å². The second-order valence-electron chi connectivity index (χ2n) is 3.60. The van der Waals surface area contributed by atoms with Crippen molar-refractivity contribution in [3.8, 4) is 0 Å². The number of hydroxylamine groups is 1. The average molecular weight is 262 g/mol. The van der Waals surface area contributed by atoms with E-state index in [-0.39, 0.29) is 12.5 Å². The molecule has 0 bridgehead atoms. The Bertz CT molecular complexity index is 390. The summed E-state index contributed by atoms with van der Waals surface area (Å²) in [6.07, 6.45) is -4.34. The number of nitrogens with one attached hydrogen (secondary N) is 2. The van der Waals surface area contributed by atoms with E-state index in [0.717, 1.165) is 5.56 Å². The molecular weight excluding hydrogens is 249 g/mol. The van der Waals surface area contributed by atoms with Crippen LogP contribution in [0, 0.1) is 0 Å². The van der Waals surface area contributed by atoms with Crippen LogP contribution in [0.5, 0.6) is 0 Å². The number of rotatable bonds is 5. The number of hydrogen-bond donors (Lipinski definition) is 2. The van der Waals surface area contributed by atoms with Gasteiger partial charge >= 0.3 is 6.18 Å². The van der Waals surface area contributed by atoms with Gasteiger partial charge in [0.25, 0.3) is 0 Å². The first kappa shape index (κ1) is 14.5. The predicted octanol–water partition coefficient (Wildman–Crippen LogP) is 2.23. The number of alkyl halides is 3. The molecule has 0 aliphatic carbocycles. The van der Waals surface area contributed by atoms with Gasteiger partial charge < -0.3 is 5.32 Å². The van der Waals surface area contributed by atoms with Gasteiger partial charge in [-0.2, -0.15) is 18.7 Å². The van der Waals surface area contributed by atoms with Gasteiger partial charge in [0.05, 0.1) is 0 Å². The van der Waals surface area contributed by atoms with E-state index in [2.05, 4.69) is 15.6 Å². The fourth-order valence-electron chi connectivity index (χ4n) is 1.18. The minimum Gasteiger partial charge on any atom is -0.326 e. The maximum atomic E-state index is 11.8. The maximum absolute atomic E-state index is 11.8. The van der Waals surface area contributed by atoms with Crippen LogP contribution in [0.3, 0.4) is 0 Å². The molecular formula is C11H13F3N2O2. The summed E-state index contributed by atoms with van der Waals surface area (Å²) in [4.78, 5) is 15.0. The van der Waals surface area contributed by atoms with Crippen molar-refractivity contribution in [2.24, 2.45) is 0 Å². The number of benzene rings is 1. The normalized spacial score (nSPS) is 11.3. The van der Waals surface area contributed by atoms with Crippen LogP contribution >= 0.6 is 0 Å². The van der Waals surface area contributed by atoms with Gasteiger partial charge in [-0.1, -0.05) is 12.1 Å². The van der Waals surface area contributed by atoms with Crippen LogP contribution in [0.15, 0.2) is 24.3 Å². The zero-order chi connectivity index (χ0) is 13.6. The third-order valence-electron chi connectivity index (χ3n) is 1.89. The lowest BCUT2D eigenvalue weighted by atomic mass is 10.2. The zero-order valence-corrected chi connectivity index (χ0v) is 9.67. The van der Waals surface area contributed by atoms with Crippen LogP contribution in [-0.2, 0) is 16.2 Å². The van der Waals surface area contributed by atoms with Crippen molar-refractivity contribution in [3.63, 3.8) is 0 Å². The smallest absolute Gasteiger partial charge is 0.326 e. The highest BCUT2D eigenvalue weighted by molar-refractivity contribution is 5.88. The Balaban J connectivity index is 2.33. The molecule has 1 rings (SSSR count). The van der Waals surface area contributed by atoms with Gasteiger partial charge in [-0.15, -0.1) is 0 Å². The molecule has 4 nitrogen and oxygen atoms in total. The van der Waals surface area contributed by atoms with Gasteiger partial charge in [0.1, 0.15) is 0 Å². The summed E-state index contributed by atoms with van der Waals surface area (Å²) in [5.41, 5.74) is 3.58. The molecule has 100 valence electrons. The van der Waals surface area contributed by atoms with Gasteiger partial charge in [0.15, 0.2) is 6.61 Å². The molecule has 1 aromatic carbocycles. The largest absolute Gasteiger partial charge is 0.413 e. The highest BCUT2D eigenvalue weighted by atomic mass is 19.4. The van der Waals surface area contributed by atoms with E-state index in [9.17, 15) is 18.0 Å². The second-order valence-corrected chi connectivity index (χ2v) is 3.60. The maximum Gasteiger partial charge on any atom is 0.413 e. The number of amides is 1. The highest BCUT2D eigenvalue weighted by Gasteiger charge is 2.27. The molecule has 2 N–H and O–H groups in total. The number of carbonyl (C=O) groups is 1. The zero-order valence-electron chi connectivity index (χ0n) is 9.67. The number of halogens is 3. The number of carbonyl (C=O) groups excluding carboxylic acids is 1. The average Bonchev–Trinajstić information content (AvgIpc) is 2.24. The summed E-state index contributed by atoms with van der Waals surface area (Å²) >= 11 is 0. The van der Waals surface area contributed by atoms with Crippen molar-refractivity contribution >= 4 is 11.6 Å².